The Labute approximate surface area is 409 Å². The van der Waals surface area contributed by atoms with E-state index in [1.807, 2.05) is 21.1 Å². The van der Waals surface area contributed by atoms with Crippen molar-refractivity contribution in [2.45, 2.75) is 193 Å². The molecule has 380 valence electrons. The standard InChI is InChI=1S/C58H95NO8/c1-6-8-10-12-13-14-15-16-17-18-19-20-21-22-23-24-25-26-27-28-29-30-31-32-33-34-35-36-37-38-39-40-41-42-43-45-47-49-56(61)67-54(52-65-55(60)48-46-44-11-9-7-2)53-66-58(57(62)63)64-51-50-59(3,4)5/h8,10,13-14,16-17,19-20,22-23,25-26,28-29,31-32,34-35,54,58H,6-7,9,11-12,15,18,21,24,27,30,33,36-53H2,1-5H3/b10-8-,14-13-,17-16-,20-19-,23-22-,26-25-,29-28-,32-31-,35-34-. The summed E-state index contributed by atoms with van der Waals surface area (Å²) in [6, 6.07) is 0. The van der Waals surface area contributed by atoms with Crippen LogP contribution >= 0.6 is 0 Å². The van der Waals surface area contributed by atoms with Crippen molar-refractivity contribution in [3.63, 3.8) is 0 Å². The topological polar surface area (TPSA) is 111 Å². The van der Waals surface area contributed by atoms with Gasteiger partial charge in [0.05, 0.1) is 40.3 Å². The zero-order valence-electron chi connectivity index (χ0n) is 43.0. The number of hydrogen-bond acceptors (Lipinski definition) is 8. The number of esters is 2. The molecule has 0 aromatic heterocycles. The van der Waals surface area contributed by atoms with Crippen molar-refractivity contribution >= 4 is 17.9 Å². The maximum atomic E-state index is 12.7. The zero-order chi connectivity index (χ0) is 49.2. The zero-order valence-corrected chi connectivity index (χ0v) is 43.0. The minimum absolute atomic E-state index is 0.142. The highest BCUT2D eigenvalue weighted by molar-refractivity contribution is 5.70. The molecule has 67 heavy (non-hydrogen) atoms. The summed E-state index contributed by atoms with van der Waals surface area (Å²) in [6.07, 6.45) is 63.4. The van der Waals surface area contributed by atoms with E-state index < -0.39 is 24.3 Å². The van der Waals surface area contributed by atoms with Crippen LogP contribution in [0.3, 0.4) is 0 Å². The van der Waals surface area contributed by atoms with Crippen LogP contribution in [0, 0.1) is 0 Å². The van der Waals surface area contributed by atoms with E-state index in [0.717, 1.165) is 116 Å². The molecule has 0 radical (unpaired) electrons. The Balaban J connectivity index is 4.05. The van der Waals surface area contributed by atoms with E-state index in [0.29, 0.717) is 17.4 Å². The Bertz CT molecular complexity index is 1460. The van der Waals surface area contributed by atoms with Gasteiger partial charge in [0.1, 0.15) is 13.2 Å². The lowest BCUT2D eigenvalue weighted by atomic mass is 10.1. The van der Waals surface area contributed by atoms with Gasteiger partial charge in [-0.15, -0.1) is 0 Å². The average molecular weight is 934 g/mol. The molecule has 0 heterocycles. The van der Waals surface area contributed by atoms with E-state index >= 15 is 0 Å². The summed E-state index contributed by atoms with van der Waals surface area (Å²) in [4.78, 5) is 36.7. The molecule has 0 aromatic carbocycles. The van der Waals surface area contributed by atoms with Gasteiger partial charge in [0.2, 0.25) is 0 Å². The van der Waals surface area contributed by atoms with E-state index in [-0.39, 0.29) is 38.6 Å². The van der Waals surface area contributed by atoms with Crippen molar-refractivity contribution in [2.75, 3.05) is 47.5 Å². The molecule has 0 aromatic rings. The Morgan fingerprint density at radius 2 is 0.851 bits per heavy atom. The van der Waals surface area contributed by atoms with E-state index in [9.17, 15) is 19.5 Å². The first-order valence-corrected chi connectivity index (χ1v) is 26.0. The Morgan fingerprint density at radius 1 is 0.463 bits per heavy atom. The first kappa shape index (κ1) is 63.0. The van der Waals surface area contributed by atoms with Gasteiger partial charge in [0.15, 0.2) is 12.4 Å². The summed E-state index contributed by atoms with van der Waals surface area (Å²) < 4.78 is 22.4. The Kier molecular flexibility index (Phi) is 45.5. The van der Waals surface area contributed by atoms with Gasteiger partial charge >= 0.3 is 11.9 Å². The monoisotopic (exact) mass is 934 g/mol. The molecule has 9 nitrogen and oxygen atoms in total. The Morgan fingerprint density at radius 3 is 1.27 bits per heavy atom. The van der Waals surface area contributed by atoms with E-state index in [2.05, 4.69) is 123 Å². The number of unbranched alkanes of at least 4 members (excludes halogenated alkanes) is 13. The number of allylic oxidation sites excluding steroid dienone is 18. The molecule has 0 bridgehead atoms. The second kappa shape index (κ2) is 48.4. The van der Waals surface area contributed by atoms with E-state index in [1.54, 1.807) is 0 Å². The van der Waals surface area contributed by atoms with Crippen LogP contribution in [0.25, 0.3) is 0 Å². The molecule has 0 saturated heterocycles. The summed E-state index contributed by atoms with van der Waals surface area (Å²) in [7, 11) is 5.89. The van der Waals surface area contributed by atoms with Crippen molar-refractivity contribution < 1.29 is 42.9 Å². The van der Waals surface area contributed by atoms with Gasteiger partial charge in [0.25, 0.3) is 0 Å². The number of aliphatic carboxylic acids is 1. The summed E-state index contributed by atoms with van der Waals surface area (Å²) in [6.45, 7) is 4.49. The van der Waals surface area contributed by atoms with Crippen LogP contribution in [-0.2, 0) is 33.3 Å². The van der Waals surface area contributed by atoms with Crippen molar-refractivity contribution in [3.05, 3.63) is 109 Å². The highest BCUT2D eigenvalue weighted by atomic mass is 16.7. The smallest absolute Gasteiger partial charge is 0.306 e. The number of nitrogens with zero attached hydrogens (tertiary/aromatic N) is 1. The summed E-state index contributed by atoms with van der Waals surface area (Å²) in [5, 5.41) is 11.6. The fraction of sp³-hybridized carbons (Fsp3) is 0.638. The molecular formula is C58H95NO8. The maximum Gasteiger partial charge on any atom is 0.306 e. The van der Waals surface area contributed by atoms with Gasteiger partial charge in [-0.25, -0.2) is 0 Å². The van der Waals surface area contributed by atoms with Gasteiger partial charge in [-0.05, 0) is 83.5 Å². The van der Waals surface area contributed by atoms with Gasteiger partial charge in [0, 0.05) is 12.8 Å². The number of carbonyl (C=O) groups is 3. The number of carboxylic acids is 1. The molecule has 2 atom stereocenters. The molecule has 2 unspecified atom stereocenters. The van der Waals surface area contributed by atoms with E-state index in [1.165, 1.54) is 32.1 Å². The van der Waals surface area contributed by atoms with Crippen molar-refractivity contribution in [2.24, 2.45) is 0 Å². The largest absolute Gasteiger partial charge is 0.545 e. The minimum atomic E-state index is -1.62. The molecule has 0 fully saturated rings. The van der Waals surface area contributed by atoms with Gasteiger partial charge in [-0.3, -0.25) is 9.59 Å². The van der Waals surface area contributed by atoms with Crippen LogP contribution in [0.2, 0.25) is 0 Å². The van der Waals surface area contributed by atoms with Crippen molar-refractivity contribution in [1.82, 2.24) is 0 Å². The number of carboxylic acid groups (broad SMARTS) is 1. The molecule has 0 saturated carbocycles. The van der Waals surface area contributed by atoms with Crippen LogP contribution in [-0.4, -0.2) is 82.3 Å². The molecule has 0 amide bonds. The summed E-state index contributed by atoms with van der Waals surface area (Å²) >= 11 is 0. The van der Waals surface area contributed by atoms with Crippen molar-refractivity contribution in [3.8, 4) is 0 Å². The van der Waals surface area contributed by atoms with Gasteiger partial charge in [-0.2, -0.15) is 0 Å². The van der Waals surface area contributed by atoms with Crippen LogP contribution < -0.4 is 5.11 Å². The minimum Gasteiger partial charge on any atom is -0.545 e. The number of carbonyl (C=O) groups excluding carboxylic acids is 3. The predicted molar refractivity (Wildman–Crippen MR) is 278 cm³/mol. The molecule has 0 N–H and O–H groups in total. The molecule has 9 heteroatoms. The highest BCUT2D eigenvalue weighted by Crippen LogP contribution is 2.13. The molecule has 0 spiro atoms. The summed E-state index contributed by atoms with van der Waals surface area (Å²) in [5.74, 6) is -2.32. The fourth-order valence-corrected chi connectivity index (χ4v) is 6.53. The van der Waals surface area contributed by atoms with Gasteiger partial charge in [-0.1, -0.05) is 194 Å². The number of hydrogen-bond donors (Lipinski definition) is 0. The molecule has 0 aliphatic heterocycles. The molecular weight excluding hydrogens is 839 g/mol. The number of quaternary nitrogens is 1. The quantitative estimate of drug-likeness (QED) is 0.0195. The lowest BCUT2D eigenvalue weighted by Gasteiger charge is -2.26. The van der Waals surface area contributed by atoms with Gasteiger partial charge < -0.3 is 33.3 Å². The van der Waals surface area contributed by atoms with Crippen molar-refractivity contribution in [1.29, 1.82) is 0 Å². The van der Waals surface area contributed by atoms with Crippen LogP contribution in [0.15, 0.2) is 109 Å². The normalized spacial score (nSPS) is 13.7. The lowest BCUT2D eigenvalue weighted by molar-refractivity contribution is -0.870. The summed E-state index contributed by atoms with van der Waals surface area (Å²) in [5.41, 5.74) is 0. The molecule has 0 rings (SSSR count). The second-order valence-corrected chi connectivity index (χ2v) is 18.1. The SMILES string of the molecule is CC/C=C\C/C=C\C/C=C\C/C=C\C/C=C\C/C=C\C/C=C\C/C=C\C/C=C\CCCCCCCCCCCC(=O)OC(COC(=O)CCCCCCC)COC(OCC[N+](C)(C)C)C(=O)[O-]. The third kappa shape index (κ3) is 49.7. The highest BCUT2D eigenvalue weighted by Gasteiger charge is 2.21. The number of ether oxygens (including phenoxy) is 4. The first-order valence-electron chi connectivity index (χ1n) is 26.0. The van der Waals surface area contributed by atoms with Crippen LogP contribution in [0.5, 0.6) is 0 Å². The Hall–Kier alpha value is -4.05. The average Bonchev–Trinajstić information content (AvgIpc) is 3.29. The maximum absolute atomic E-state index is 12.7. The molecule has 0 aliphatic carbocycles. The second-order valence-electron chi connectivity index (χ2n) is 18.1. The lowest BCUT2D eigenvalue weighted by Crippen LogP contribution is -2.44. The third-order valence-corrected chi connectivity index (χ3v) is 10.5. The molecule has 0 aliphatic rings. The fourth-order valence-electron chi connectivity index (χ4n) is 6.53. The van der Waals surface area contributed by atoms with E-state index in [4.69, 9.17) is 18.9 Å². The van der Waals surface area contributed by atoms with Crippen LogP contribution in [0.1, 0.15) is 181 Å². The number of rotatable bonds is 46. The number of likely N-dealkylation sites (N-methyl/N-ethyl adjacent to an activating group) is 1. The third-order valence-electron chi connectivity index (χ3n) is 10.5. The first-order chi connectivity index (χ1) is 32.6. The van der Waals surface area contributed by atoms with Crippen LogP contribution in [0.4, 0.5) is 0 Å². The predicted octanol–water partition coefficient (Wildman–Crippen LogP) is 13.4.